The highest BCUT2D eigenvalue weighted by Gasteiger charge is 2.31. The fourth-order valence-electron chi connectivity index (χ4n) is 4.03. The van der Waals surface area contributed by atoms with Crippen molar-refractivity contribution < 1.29 is 41.7 Å². The number of halogens is 4. The van der Waals surface area contributed by atoms with E-state index < -0.39 is 41.8 Å². The molecule has 1 atom stereocenters. The molecule has 1 aliphatic rings. The summed E-state index contributed by atoms with van der Waals surface area (Å²) in [6, 6.07) is 6.12. The average Bonchev–Trinajstić information content (AvgIpc) is 3.50. The van der Waals surface area contributed by atoms with E-state index in [-0.39, 0.29) is 35.3 Å². The Morgan fingerprint density at radius 1 is 1.16 bits per heavy atom. The summed E-state index contributed by atoms with van der Waals surface area (Å²) in [6.45, 7) is -2.95. The number of aliphatic hydroxyl groups excluding tert-OH is 1. The number of amides is 2. The predicted octanol–water partition coefficient (Wildman–Crippen LogP) is 3.61. The minimum atomic E-state index is -3.04. The third-order valence-electron chi connectivity index (χ3n) is 5.81. The molecule has 0 radical (unpaired) electrons. The summed E-state index contributed by atoms with van der Waals surface area (Å²) in [6.07, 6.45) is 2.33. The van der Waals surface area contributed by atoms with Gasteiger partial charge < -0.3 is 19.5 Å². The Hall–Kier alpha value is -4.13. The van der Waals surface area contributed by atoms with Crippen LogP contribution in [0.4, 0.5) is 23.5 Å². The monoisotopic (exact) mass is 522 g/mol. The lowest BCUT2D eigenvalue weighted by molar-refractivity contribution is -0.0498. The second-order valence-corrected chi connectivity index (χ2v) is 8.09. The van der Waals surface area contributed by atoms with E-state index in [9.17, 15) is 32.3 Å². The average molecular weight is 522 g/mol. The van der Waals surface area contributed by atoms with Crippen LogP contribution in [0.2, 0.25) is 0 Å². The Labute approximate surface area is 208 Å². The Morgan fingerprint density at radius 2 is 1.84 bits per heavy atom. The molecule has 13 heteroatoms. The molecule has 0 unspecified atom stereocenters. The highest BCUT2D eigenvalue weighted by molar-refractivity contribution is 6.04. The number of aliphatic hydroxyl groups is 1. The quantitative estimate of drug-likeness (QED) is 0.438. The lowest BCUT2D eigenvalue weighted by Crippen LogP contribution is -2.37. The van der Waals surface area contributed by atoms with E-state index in [1.807, 2.05) is 0 Å². The number of nitrogens with one attached hydrogen (secondary N) is 1. The summed E-state index contributed by atoms with van der Waals surface area (Å²) in [5.41, 5.74) is -0.839. The molecule has 1 saturated heterocycles. The van der Waals surface area contributed by atoms with Crippen molar-refractivity contribution in [1.82, 2.24) is 14.5 Å². The van der Waals surface area contributed by atoms with E-state index in [1.54, 1.807) is 0 Å². The van der Waals surface area contributed by atoms with Crippen molar-refractivity contribution in [2.75, 3.05) is 25.6 Å². The second kappa shape index (κ2) is 10.9. The maximum Gasteiger partial charge on any atom is 0.387 e. The molecule has 196 valence electrons. The van der Waals surface area contributed by atoms with E-state index >= 15 is 0 Å². The number of anilines is 1. The molecule has 4 rings (SSSR count). The van der Waals surface area contributed by atoms with Gasteiger partial charge in [-0.15, -0.1) is 0 Å². The molecule has 0 bridgehead atoms. The molecule has 2 aromatic carbocycles. The molecule has 2 N–H and O–H groups in total. The van der Waals surface area contributed by atoms with Crippen LogP contribution in [0.3, 0.4) is 0 Å². The molecule has 37 heavy (non-hydrogen) atoms. The van der Waals surface area contributed by atoms with Gasteiger partial charge in [0.1, 0.15) is 22.9 Å². The normalized spacial score (nSPS) is 15.2. The third kappa shape index (κ3) is 5.50. The second-order valence-electron chi connectivity index (χ2n) is 8.09. The maximum atomic E-state index is 14.9. The number of alkyl halides is 2. The first-order valence-corrected chi connectivity index (χ1v) is 11.1. The van der Waals surface area contributed by atoms with Gasteiger partial charge in [-0.2, -0.15) is 8.78 Å². The number of rotatable bonds is 8. The zero-order valence-corrected chi connectivity index (χ0v) is 19.5. The fraction of sp³-hybridized carbons (Fsp3) is 0.292. The number of methoxy groups -OCH3 is 1. The number of aromatic nitrogens is 2. The molecule has 1 aromatic heterocycles. The fourth-order valence-corrected chi connectivity index (χ4v) is 4.03. The first-order valence-electron chi connectivity index (χ1n) is 11.1. The van der Waals surface area contributed by atoms with Crippen molar-refractivity contribution in [2.24, 2.45) is 0 Å². The van der Waals surface area contributed by atoms with Crippen LogP contribution in [-0.2, 0) is 0 Å². The number of nitrogens with zero attached hydrogens (tertiary/aromatic N) is 3. The van der Waals surface area contributed by atoms with Crippen LogP contribution in [-0.4, -0.2) is 64.3 Å². The molecule has 2 amide bonds. The minimum absolute atomic E-state index is 0.000366. The minimum Gasteiger partial charge on any atom is -0.497 e. The number of likely N-dealkylation sites (tertiary alicyclic amines) is 1. The number of carbonyl (C=O) groups is 2. The molecule has 3 aromatic rings. The lowest BCUT2D eigenvalue weighted by Gasteiger charge is -2.21. The maximum absolute atomic E-state index is 14.9. The zero-order valence-electron chi connectivity index (χ0n) is 19.5. The number of hydrogen-bond acceptors (Lipinski definition) is 6. The number of carbonyl (C=O) groups excluding carboxylic acids is 2. The van der Waals surface area contributed by atoms with E-state index in [1.165, 1.54) is 24.1 Å². The van der Waals surface area contributed by atoms with Crippen LogP contribution in [0.1, 0.15) is 33.7 Å². The van der Waals surface area contributed by atoms with Gasteiger partial charge in [0.2, 0.25) is 5.95 Å². The number of hydrogen-bond donors (Lipinski definition) is 2. The van der Waals surface area contributed by atoms with Crippen LogP contribution in [0.15, 0.2) is 42.6 Å². The van der Waals surface area contributed by atoms with Crippen molar-refractivity contribution >= 4 is 17.8 Å². The van der Waals surface area contributed by atoms with Gasteiger partial charge in [-0.05, 0) is 37.1 Å². The summed E-state index contributed by atoms with van der Waals surface area (Å²) in [5, 5.41) is 12.0. The van der Waals surface area contributed by atoms with Gasteiger partial charge in [0.05, 0.1) is 19.8 Å². The number of ether oxygens (including phenoxy) is 2. The molecule has 9 nitrogen and oxygen atoms in total. The molecule has 1 fully saturated rings. The highest BCUT2D eigenvalue weighted by atomic mass is 19.3. The SMILES string of the molecule is COc1cc(F)c(-n2cc(C(=O)N3CCC[C@H]3CO)nc2NC(=O)c2ccc(OC(F)F)cc2)c(F)c1. The van der Waals surface area contributed by atoms with E-state index in [4.69, 9.17) is 4.74 Å². The van der Waals surface area contributed by atoms with Crippen molar-refractivity contribution in [3.05, 3.63) is 65.5 Å². The summed E-state index contributed by atoms with van der Waals surface area (Å²) >= 11 is 0. The molecule has 0 saturated carbocycles. The predicted molar refractivity (Wildman–Crippen MR) is 122 cm³/mol. The Kier molecular flexibility index (Phi) is 7.62. The van der Waals surface area contributed by atoms with Gasteiger partial charge in [-0.3, -0.25) is 19.5 Å². The van der Waals surface area contributed by atoms with Crippen LogP contribution in [0, 0.1) is 11.6 Å². The Morgan fingerprint density at radius 3 is 2.43 bits per heavy atom. The van der Waals surface area contributed by atoms with Crippen molar-refractivity contribution in [3.63, 3.8) is 0 Å². The van der Waals surface area contributed by atoms with Gasteiger partial charge in [-0.25, -0.2) is 13.8 Å². The van der Waals surface area contributed by atoms with Crippen molar-refractivity contribution in [1.29, 1.82) is 0 Å². The van der Waals surface area contributed by atoms with Crippen LogP contribution < -0.4 is 14.8 Å². The Balaban J connectivity index is 1.71. The molecule has 1 aliphatic heterocycles. The Bertz CT molecular complexity index is 1280. The van der Waals surface area contributed by atoms with Gasteiger partial charge in [-0.1, -0.05) is 0 Å². The van der Waals surface area contributed by atoms with Crippen molar-refractivity contribution in [2.45, 2.75) is 25.5 Å². The van der Waals surface area contributed by atoms with Gasteiger partial charge in [0, 0.05) is 30.4 Å². The molecular weight excluding hydrogens is 500 g/mol. The standard InChI is InChI=1S/C24H22F4N4O5/c1-36-16-9-17(25)20(18(26)10-16)32-11-19(22(35)31-8-2-3-14(31)12-33)29-24(32)30-21(34)13-4-6-15(7-5-13)37-23(27)28/h4-7,9-11,14,23,33H,2-3,8,12H2,1H3,(H,29,30,34)/t14-/m0/s1. The molecule has 0 spiro atoms. The summed E-state index contributed by atoms with van der Waals surface area (Å²) < 4.78 is 64.6. The summed E-state index contributed by atoms with van der Waals surface area (Å²) in [4.78, 5) is 31.5. The van der Waals surface area contributed by atoms with Crippen LogP contribution in [0.25, 0.3) is 5.69 Å². The van der Waals surface area contributed by atoms with E-state index in [0.29, 0.717) is 19.4 Å². The van der Waals surface area contributed by atoms with Crippen LogP contribution in [0.5, 0.6) is 11.5 Å². The zero-order chi connectivity index (χ0) is 26.7. The van der Waals surface area contributed by atoms with Crippen molar-refractivity contribution in [3.8, 4) is 17.2 Å². The van der Waals surface area contributed by atoms with Gasteiger partial charge in [0.15, 0.2) is 11.6 Å². The third-order valence-corrected chi connectivity index (χ3v) is 5.81. The van der Waals surface area contributed by atoms with Crippen LogP contribution >= 0.6 is 0 Å². The largest absolute Gasteiger partial charge is 0.497 e. The molecule has 0 aliphatic carbocycles. The molecular formula is C24H22F4N4O5. The van der Waals surface area contributed by atoms with E-state index in [0.717, 1.165) is 35.0 Å². The van der Waals surface area contributed by atoms with Gasteiger partial charge >= 0.3 is 6.61 Å². The molecule has 2 heterocycles. The number of imidazole rings is 1. The summed E-state index contributed by atoms with van der Waals surface area (Å²) in [7, 11) is 1.23. The highest BCUT2D eigenvalue weighted by Crippen LogP contribution is 2.28. The topological polar surface area (TPSA) is 106 Å². The first kappa shape index (κ1) is 25.9. The lowest BCUT2D eigenvalue weighted by atomic mass is 10.2. The van der Waals surface area contributed by atoms with Gasteiger partial charge in [0.25, 0.3) is 11.8 Å². The summed E-state index contributed by atoms with van der Waals surface area (Å²) in [5.74, 6) is -4.11. The number of benzene rings is 2. The first-order chi connectivity index (χ1) is 17.7. The van der Waals surface area contributed by atoms with E-state index in [2.05, 4.69) is 15.0 Å². The smallest absolute Gasteiger partial charge is 0.387 e.